The predicted octanol–water partition coefficient (Wildman–Crippen LogP) is 4.47. The van der Waals surface area contributed by atoms with Gasteiger partial charge in [-0.3, -0.25) is 14.3 Å². The molecule has 0 amide bonds. The number of ether oxygens (including phenoxy) is 6. The first-order chi connectivity index (χ1) is 21.7. The Morgan fingerprint density at radius 1 is 1.04 bits per heavy atom. The van der Waals surface area contributed by atoms with E-state index in [4.69, 9.17) is 52.9 Å². The van der Waals surface area contributed by atoms with Crippen molar-refractivity contribution in [2.75, 3.05) is 39.9 Å². The van der Waals surface area contributed by atoms with Crippen molar-refractivity contribution in [1.82, 2.24) is 19.5 Å². The number of nitrogens with one attached hydrogen (secondary N) is 3. The van der Waals surface area contributed by atoms with E-state index in [2.05, 4.69) is 20.3 Å². The number of fused-ring (bicyclic) bond motifs is 2. The second-order valence-electron chi connectivity index (χ2n) is 10.7. The first-order valence-corrected chi connectivity index (χ1v) is 15.6. The second-order valence-corrected chi connectivity index (χ2v) is 12.5. The molecule has 8 atom stereocenters. The zero-order valence-corrected chi connectivity index (χ0v) is 26.8. The van der Waals surface area contributed by atoms with Gasteiger partial charge in [-0.1, -0.05) is 17.8 Å². The fourth-order valence-electron chi connectivity index (χ4n) is 5.68. The van der Waals surface area contributed by atoms with E-state index < -0.39 is 54.7 Å². The van der Waals surface area contributed by atoms with Crippen molar-refractivity contribution < 1.29 is 37.2 Å². The van der Waals surface area contributed by atoms with Gasteiger partial charge in [0.1, 0.15) is 36.3 Å². The maximum atomic E-state index is 15.7. The number of methoxy groups -OCH3 is 3. The molecule has 3 aromatic rings. The van der Waals surface area contributed by atoms with Gasteiger partial charge in [0.15, 0.2) is 23.3 Å². The number of aromatic amines is 2. The molecule has 3 aliphatic rings. The molecule has 3 aliphatic heterocycles. The third-order valence-corrected chi connectivity index (χ3v) is 9.41. The van der Waals surface area contributed by atoms with E-state index in [9.17, 15) is 4.79 Å². The van der Waals surface area contributed by atoms with Crippen LogP contribution >= 0.6 is 36.2 Å². The van der Waals surface area contributed by atoms with Crippen LogP contribution in [0.2, 0.25) is 0 Å². The highest BCUT2D eigenvalue weighted by Crippen LogP contribution is 2.45. The Kier molecular flexibility index (Phi) is 9.79. The van der Waals surface area contributed by atoms with Crippen LogP contribution < -0.4 is 10.9 Å². The van der Waals surface area contributed by atoms with Gasteiger partial charge < -0.3 is 38.7 Å². The smallest absolute Gasteiger partial charge is 0.257 e. The van der Waals surface area contributed by atoms with Crippen molar-refractivity contribution in [2.24, 2.45) is 0 Å². The van der Waals surface area contributed by atoms with Crippen molar-refractivity contribution in [1.29, 1.82) is 0 Å². The maximum Gasteiger partial charge on any atom is 0.257 e. The number of alkyl halides is 2. The van der Waals surface area contributed by atoms with Crippen LogP contribution in [0.4, 0.5) is 20.3 Å². The topological polar surface area (TPSA) is 134 Å². The summed E-state index contributed by atoms with van der Waals surface area (Å²) in [6.07, 6.45) is -5.33. The number of halogens is 2. The number of hydrogen-bond donors (Lipinski definition) is 3. The van der Waals surface area contributed by atoms with Crippen molar-refractivity contribution in [3.63, 3.8) is 0 Å². The van der Waals surface area contributed by atoms with Crippen LogP contribution in [0.25, 0.3) is 0 Å². The van der Waals surface area contributed by atoms with Gasteiger partial charge in [-0.05, 0) is 42.1 Å². The number of benzene rings is 1. The van der Waals surface area contributed by atoms with E-state index in [1.54, 1.807) is 6.20 Å². The Morgan fingerprint density at radius 2 is 1.80 bits per heavy atom. The summed E-state index contributed by atoms with van der Waals surface area (Å²) in [7, 11) is 4.43. The molecule has 1 aromatic carbocycles. The largest absolute Gasteiger partial charge is 0.382 e. The number of H-pyrrole nitrogens is 2. The molecule has 3 unspecified atom stereocenters. The summed E-state index contributed by atoms with van der Waals surface area (Å²) in [6.45, 7) is 0.312. The van der Waals surface area contributed by atoms with Gasteiger partial charge in [0.05, 0.1) is 36.0 Å². The molecule has 2 saturated heterocycles. The average molecular weight is 684 g/mol. The lowest BCUT2D eigenvalue weighted by molar-refractivity contribution is -0.0634. The number of rotatable bonds is 10. The highest BCUT2D eigenvalue weighted by atomic mass is 32.2. The lowest BCUT2D eigenvalue weighted by atomic mass is 10.0. The highest BCUT2D eigenvalue weighted by molar-refractivity contribution is 7.99. The molecule has 0 aliphatic carbocycles. The molecule has 45 heavy (non-hydrogen) atoms. The van der Waals surface area contributed by atoms with Gasteiger partial charge in [-0.25, -0.2) is 13.8 Å². The van der Waals surface area contributed by atoms with Crippen molar-refractivity contribution in [3.8, 4) is 0 Å². The standard InChI is InChI=1S/C28H31F2N5O7S3/c1-37-10-15-22(39-3)20(30)26(42-15)35-8-18-24(33-28(35)44)32-14-6-12(4-5-17(14)45-18)9-40-23-16(11-38-2)41-21(19(23)29)13-7-31-27(43)34-25(13)36/h4-8,15-16,19-23,26H,9-11H2,1-3H3,(H,32,33,44)(H2,31,34,36,43)/t15-,16-,19?,20+,21+,22?,23?,26-/m1/s1. The molecule has 0 bridgehead atoms. The summed E-state index contributed by atoms with van der Waals surface area (Å²) in [5.41, 5.74) is 1.07. The molecule has 17 heteroatoms. The minimum Gasteiger partial charge on any atom is -0.382 e. The molecule has 6 rings (SSSR count). The van der Waals surface area contributed by atoms with Gasteiger partial charge in [0.25, 0.3) is 5.56 Å². The Balaban J connectivity index is 1.16. The van der Waals surface area contributed by atoms with Crippen molar-refractivity contribution in [3.05, 3.63) is 61.6 Å². The van der Waals surface area contributed by atoms with Crippen molar-refractivity contribution in [2.45, 2.75) is 65.5 Å². The van der Waals surface area contributed by atoms with E-state index in [1.807, 2.05) is 18.2 Å². The van der Waals surface area contributed by atoms with Gasteiger partial charge in [-0.2, -0.15) is 0 Å². The molecule has 0 radical (unpaired) electrons. The molecule has 242 valence electrons. The zero-order chi connectivity index (χ0) is 31.8. The van der Waals surface area contributed by atoms with Gasteiger partial charge in [0.2, 0.25) is 4.77 Å². The minimum atomic E-state index is -1.63. The van der Waals surface area contributed by atoms with E-state index in [0.717, 1.165) is 21.0 Å². The molecule has 0 saturated carbocycles. The maximum absolute atomic E-state index is 15.7. The third-order valence-electron chi connectivity index (χ3n) is 7.80. The van der Waals surface area contributed by atoms with E-state index in [1.165, 1.54) is 43.9 Å². The van der Waals surface area contributed by atoms with Crippen LogP contribution in [-0.4, -0.2) is 90.8 Å². The monoisotopic (exact) mass is 683 g/mol. The number of aromatic nitrogens is 4. The molecule has 3 N–H and O–H groups in total. The van der Waals surface area contributed by atoms with E-state index in [-0.39, 0.29) is 34.9 Å². The quantitative estimate of drug-likeness (QED) is 0.204. The van der Waals surface area contributed by atoms with E-state index >= 15 is 8.78 Å². The Bertz CT molecular complexity index is 1720. The summed E-state index contributed by atoms with van der Waals surface area (Å²) in [5.74, 6) is 0.514. The van der Waals surface area contributed by atoms with E-state index in [0.29, 0.717) is 5.82 Å². The Morgan fingerprint density at radius 3 is 2.51 bits per heavy atom. The van der Waals surface area contributed by atoms with Crippen LogP contribution in [0, 0.1) is 9.54 Å². The normalized spacial score (nSPS) is 28.9. The van der Waals surface area contributed by atoms with Crippen LogP contribution in [-0.2, 0) is 35.0 Å². The van der Waals surface area contributed by atoms with Crippen LogP contribution in [0.3, 0.4) is 0 Å². The summed E-state index contributed by atoms with van der Waals surface area (Å²) in [4.78, 5) is 23.7. The van der Waals surface area contributed by atoms with Crippen molar-refractivity contribution >= 4 is 47.7 Å². The number of hydrogen-bond acceptors (Lipinski definition) is 12. The SMILES string of the molecule is COC[C@H]1O[C@@H](c2c[nH]c(=S)[nH]c2=O)C(F)C1OCc1ccc2c(c1)Nc1nc(=S)n([C@@H]3O[C@H](COC)C(OC)[C@@H]3F)cc1S2. The van der Waals surface area contributed by atoms with Crippen LogP contribution in [0.1, 0.15) is 23.5 Å². The summed E-state index contributed by atoms with van der Waals surface area (Å²) >= 11 is 11.9. The zero-order valence-electron chi connectivity index (χ0n) is 24.4. The molecule has 0 spiro atoms. The first-order valence-electron chi connectivity index (χ1n) is 14.0. The fourth-order valence-corrected chi connectivity index (χ4v) is 7.03. The van der Waals surface area contributed by atoms with Crippen LogP contribution in [0.5, 0.6) is 0 Å². The lowest BCUT2D eigenvalue weighted by Gasteiger charge is -2.24. The Hall–Kier alpha value is -2.61. The molecular weight excluding hydrogens is 653 g/mol. The van der Waals surface area contributed by atoms with Gasteiger partial charge >= 0.3 is 0 Å². The summed E-state index contributed by atoms with van der Waals surface area (Å²) in [5, 5.41) is 3.29. The van der Waals surface area contributed by atoms with Gasteiger partial charge in [-0.15, -0.1) is 0 Å². The fraction of sp³-hybridized carbons (Fsp3) is 0.500. The van der Waals surface area contributed by atoms with Gasteiger partial charge in [0, 0.05) is 38.6 Å². The molecule has 12 nitrogen and oxygen atoms in total. The molecule has 2 aromatic heterocycles. The minimum absolute atomic E-state index is 0.0656. The van der Waals surface area contributed by atoms with Crippen LogP contribution in [0.15, 0.2) is 45.2 Å². The number of nitrogens with zero attached hydrogens (tertiary/aromatic N) is 2. The molecular formula is C28H31F2N5O7S3. The third kappa shape index (κ3) is 6.37. The average Bonchev–Trinajstić information content (AvgIpc) is 3.49. The lowest BCUT2D eigenvalue weighted by Crippen LogP contribution is -2.34. The summed E-state index contributed by atoms with van der Waals surface area (Å²) in [6, 6.07) is 5.64. The first kappa shape index (κ1) is 32.3. The number of anilines is 2. The molecule has 2 fully saturated rings. The molecule has 5 heterocycles. The highest BCUT2D eigenvalue weighted by Gasteiger charge is 2.48. The Labute approximate surface area is 270 Å². The predicted molar refractivity (Wildman–Crippen MR) is 164 cm³/mol. The second kappa shape index (κ2) is 13.6. The summed E-state index contributed by atoms with van der Waals surface area (Å²) < 4.78 is 66.3.